The monoisotopic (exact) mass is 439 g/mol. The average molecular weight is 440 g/mol. The fourth-order valence-electron chi connectivity index (χ4n) is 3.36. The Kier molecular flexibility index (Phi) is 6.33. The molecule has 1 fully saturated rings. The maximum atomic E-state index is 14.0. The highest BCUT2D eigenvalue weighted by molar-refractivity contribution is 7.92. The summed E-state index contributed by atoms with van der Waals surface area (Å²) >= 11 is 6.03. The van der Waals surface area contributed by atoms with Crippen LogP contribution in [-0.2, 0) is 14.8 Å². The number of benzene rings is 2. The van der Waals surface area contributed by atoms with E-state index >= 15 is 0 Å². The maximum absolute atomic E-state index is 14.0. The lowest BCUT2D eigenvalue weighted by atomic mass is 10.2. The second-order valence-corrected chi connectivity index (χ2v) is 9.36. The molecule has 0 saturated carbocycles. The number of piperazine rings is 1. The van der Waals surface area contributed by atoms with Crippen LogP contribution in [0.4, 0.5) is 15.8 Å². The van der Waals surface area contributed by atoms with E-state index in [1.807, 2.05) is 4.90 Å². The third-order valence-corrected chi connectivity index (χ3v) is 6.31. The minimum atomic E-state index is -3.68. The van der Waals surface area contributed by atoms with Crippen molar-refractivity contribution in [2.45, 2.75) is 6.92 Å². The standard InChI is InChI=1S/C20H23ClFN3O3S/c1-15-7-8-16(21)13-19(15)25(29(2,27)28)14-20(26)24-11-9-23(10-12-24)18-6-4-3-5-17(18)22/h3-8,13H,9-12,14H2,1-2H3. The van der Waals surface area contributed by atoms with Gasteiger partial charge >= 0.3 is 0 Å². The van der Waals surface area contributed by atoms with Gasteiger partial charge in [0.25, 0.3) is 0 Å². The van der Waals surface area contributed by atoms with Crippen LogP contribution in [0.25, 0.3) is 0 Å². The lowest BCUT2D eigenvalue weighted by Gasteiger charge is -2.37. The smallest absolute Gasteiger partial charge is 0.243 e. The summed E-state index contributed by atoms with van der Waals surface area (Å²) in [5.41, 5.74) is 1.60. The fourth-order valence-corrected chi connectivity index (χ4v) is 4.43. The molecule has 0 N–H and O–H groups in total. The summed E-state index contributed by atoms with van der Waals surface area (Å²) < 4.78 is 39.8. The highest BCUT2D eigenvalue weighted by Crippen LogP contribution is 2.26. The Labute approximate surface area is 175 Å². The van der Waals surface area contributed by atoms with Crippen molar-refractivity contribution >= 4 is 38.9 Å². The summed E-state index contributed by atoms with van der Waals surface area (Å²) in [6, 6.07) is 11.5. The van der Waals surface area contributed by atoms with Crippen molar-refractivity contribution < 1.29 is 17.6 Å². The Morgan fingerprint density at radius 1 is 1.14 bits per heavy atom. The van der Waals surface area contributed by atoms with E-state index in [0.717, 1.165) is 10.6 Å². The fraction of sp³-hybridized carbons (Fsp3) is 0.350. The SMILES string of the molecule is Cc1ccc(Cl)cc1N(CC(=O)N1CCN(c2ccccc2F)CC1)S(C)(=O)=O. The molecule has 0 bridgehead atoms. The summed E-state index contributed by atoms with van der Waals surface area (Å²) in [7, 11) is -3.68. The predicted molar refractivity (Wildman–Crippen MR) is 114 cm³/mol. The Bertz CT molecular complexity index is 1010. The molecule has 1 amide bonds. The number of nitrogens with zero attached hydrogens (tertiary/aromatic N) is 3. The van der Waals surface area contributed by atoms with E-state index < -0.39 is 10.0 Å². The number of carbonyl (C=O) groups is 1. The molecule has 156 valence electrons. The number of sulfonamides is 1. The third-order valence-electron chi connectivity index (χ3n) is 4.94. The van der Waals surface area contributed by atoms with Crippen molar-refractivity contribution in [1.29, 1.82) is 0 Å². The summed E-state index contributed by atoms with van der Waals surface area (Å²) in [5, 5.41) is 0.394. The number of amides is 1. The predicted octanol–water partition coefficient (Wildman–Crippen LogP) is 2.90. The Morgan fingerprint density at radius 3 is 2.41 bits per heavy atom. The Hall–Kier alpha value is -2.32. The molecular formula is C20H23ClFN3O3S. The molecule has 29 heavy (non-hydrogen) atoms. The van der Waals surface area contributed by atoms with Crippen molar-refractivity contribution in [3.8, 4) is 0 Å². The summed E-state index contributed by atoms with van der Waals surface area (Å²) in [5.74, 6) is -0.602. The van der Waals surface area contributed by atoms with E-state index in [4.69, 9.17) is 11.6 Å². The first-order valence-electron chi connectivity index (χ1n) is 9.18. The number of hydrogen-bond acceptors (Lipinski definition) is 4. The molecule has 0 radical (unpaired) electrons. The van der Waals surface area contributed by atoms with Crippen molar-refractivity contribution in [2.24, 2.45) is 0 Å². The molecule has 9 heteroatoms. The van der Waals surface area contributed by atoms with Gasteiger partial charge in [-0.1, -0.05) is 29.8 Å². The first-order valence-corrected chi connectivity index (χ1v) is 11.4. The minimum absolute atomic E-state index is 0.299. The molecule has 3 rings (SSSR count). The third kappa shape index (κ3) is 5.00. The molecule has 0 aromatic heterocycles. The van der Waals surface area contributed by atoms with E-state index in [0.29, 0.717) is 48.1 Å². The number of halogens is 2. The van der Waals surface area contributed by atoms with Crippen LogP contribution in [-0.4, -0.2) is 58.2 Å². The van der Waals surface area contributed by atoms with Gasteiger partial charge in [0.05, 0.1) is 17.6 Å². The largest absolute Gasteiger partial charge is 0.366 e. The molecule has 0 atom stereocenters. The number of anilines is 2. The molecular weight excluding hydrogens is 417 g/mol. The molecule has 1 heterocycles. The zero-order valence-corrected chi connectivity index (χ0v) is 17.9. The van der Waals surface area contributed by atoms with Gasteiger partial charge in [0.1, 0.15) is 12.4 Å². The second kappa shape index (κ2) is 8.59. The molecule has 0 unspecified atom stereocenters. The molecule has 1 aliphatic heterocycles. The van der Waals surface area contributed by atoms with E-state index in [9.17, 15) is 17.6 Å². The number of aryl methyl sites for hydroxylation is 1. The quantitative estimate of drug-likeness (QED) is 0.718. The molecule has 6 nitrogen and oxygen atoms in total. The number of hydrogen-bond donors (Lipinski definition) is 0. The zero-order chi connectivity index (χ0) is 21.2. The molecule has 1 saturated heterocycles. The summed E-state index contributed by atoms with van der Waals surface area (Å²) in [6.45, 7) is 3.18. The van der Waals surface area contributed by atoms with Crippen LogP contribution < -0.4 is 9.21 Å². The van der Waals surface area contributed by atoms with Gasteiger partial charge in [0.15, 0.2) is 0 Å². The van der Waals surface area contributed by atoms with Crippen LogP contribution in [0.15, 0.2) is 42.5 Å². The van der Waals surface area contributed by atoms with E-state index in [1.165, 1.54) is 6.07 Å². The van der Waals surface area contributed by atoms with E-state index in [2.05, 4.69) is 0 Å². The van der Waals surface area contributed by atoms with E-state index in [-0.39, 0.29) is 18.3 Å². The summed E-state index contributed by atoms with van der Waals surface area (Å²) in [4.78, 5) is 16.3. The van der Waals surface area contributed by atoms with Gasteiger partial charge in [0, 0.05) is 31.2 Å². The highest BCUT2D eigenvalue weighted by atomic mass is 35.5. The normalized spacial score (nSPS) is 14.8. The van der Waals surface area contributed by atoms with E-state index in [1.54, 1.807) is 48.2 Å². The molecule has 2 aromatic rings. The van der Waals surface area contributed by atoms with Crippen LogP contribution >= 0.6 is 11.6 Å². The van der Waals surface area contributed by atoms with Crippen molar-refractivity contribution in [2.75, 3.05) is 48.2 Å². The van der Waals surface area contributed by atoms with Crippen LogP contribution in [0.2, 0.25) is 5.02 Å². The topological polar surface area (TPSA) is 60.9 Å². The summed E-state index contributed by atoms with van der Waals surface area (Å²) in [6.07, 6.45) is 1.07. The van der Waals surface area contributed by atoms with Crippen molar-refractivity contribution in [3.05, 3.63) is 58.9 Å². The lowest BCUT2D eigenvalue weighted by Crippen LogP contribution is -2.52. The molecule has 1 aliphatic rings. The average Bonchev–Trinajstić information content (AvgIpc) is 2.68. The first kappa shape index (κ1) is 21.4. The van der Waals surface area contributed by atoms with Gasteiger partial charge in [-0.05, 0) is 36.8 Å². The van der Waals surface area contributed by atoms with Gasteiger partial charge < -0.3 is 9.80 Å². The van der Waals surface area contributed by atoms with Gasteiger partial charge in [-0.3, -0.25) is 9.10 Å². The Morgan fingerprint density at radius 2 is 1.79 bits per heavy atom. The van der Waals surface area contributed by atoms with Gasteiger partial charge in [-0.15, -0.1) is 0 Å². The number of carbonyl (C=O) groups excluding carboxylic acids is 1. The van der Waals surface area contributed by atoms with Crippen LogP contribution in [0.1, 0.15) is 5.56 Å². The first-order chi connectivity index (χ1) is 13.7. The van der Waals surface area contributed by atoms with Crippen molar-refractivity contribution in [1.82, 2.24) is 4.90 Å². The Balaban J connectivity index is 1.72. The molecule has 0 spiro atoms. The molecule has 0 aliphatic carbocycles. The number of rotatable bonds is 5. The van der Waals surface area contributed by atoms with Crippen LogP contribution in [0, 0.1) is 12.7 Å². The number of para-hydroxylation sites is 1. The zero-order valence-electron chi connectivity index (χ0n) is 16.3. The second-order valence-electron chi connectivity index (χ2n) is 7.02. The van der Waals surface area contributed by atoms with Crippen LogP contribution in [0.5, 0.6) is 0 Å². The maximum Gasteiger partial charge on any atom is 0.243 e. The molecule has 2 aromatic carbocycles. The van der Waals surface area contributed by atoms with Gasteiger partial charge in [0.2, 0.25) is 15.9 Å². The van der Waals surface area contributed by atoms with Crippen LogP contribution in [0.3, 0.4) is 0 Å². The van der Waals surface area contributed by atoms with Crippen molar-refractivity contribution in [3.63, 3.8) is 0 Å². The van der Waals surface area contributed by atoms with Gasteiger partial charge in [-0.25, -0.2) is 12.8 Å². The lowest BCUT2D eigenvalue weighted by molar-refractivity contribution is -0.129. The van der Waals surface area contributed by atoms with Gasteiger partial charge in [-0.2, -0.15) is 0 Å². The minimum Gasteiger partial charge on any atom is -0.366 e. The highest BCUT2D eigenvalue weighted by Gasteiger charge is 2.28.